The first-order chi connectivity index (χ1) is 43.3. The van der Waals surface area contributed by atoms with Crippen molar-refractivity contribution in [1.29, 1.82) is 0 Å². The predicted octanol–water partition coefficient (Wildman–Crippen LogP) is 20.4. The number of amides is 1. The van der Waals surface area contributed by atoms with Crippen LogP contribution in [0.15, 0.2) is 134 Å². The minimum atomic E-state index is -1.58. The van der Waals surface area contributed by atoms with Crippen molar-refractivity contribution in [1.82, 2.24) is 5.32 Å². The number of ether oxygens (including phenoxy) is 2. The van der Waals surface area contributed by atoms with Crippen LogP contribution in [0, 0.1) is 0 Å². The smallest absolute Gasteiger partial charge is 0.220 e. The summed E-state index contributed by atoms with van der Waals surface area (Å²) in [7, 11) is 0. The number of unbranched alkanes of at least 4 members (excludes halogenated alkanes) is 32. The maximum atomic E-state index is 13.1. The normalized spacial score (nSPS) is 18.7. The Labute approximate surface area is 541 Å². The lowest BCUT2D eigenvalue weighted by Crippen LogP contribution is -2.60. The molecule has 0 aromatic carbocycles. The van der Waals surface area contributed by atoms with Crippen LogP contribution in [0.4, 0.5) is 0 Å². The van der Waals surface area contributed by atoms with Gasteiger partial charge in [-0.1, -0.05) is 334 Å². The largest absolute Gasteiger partial charge is 0.394 e. The number of hydrogen-bond donors (Lipinski definition) is 6. The van der Waals surface area contributed by atoms with Gasteiger partial charge in [-0.25, -0.2) is 0 Å². The van der Waals surface area contributed by atoms with Crippen LogP contribution in [-0.2, 0) is 14.3 Å². The Kier molecular flexibility index (Phi) is 62.0. The lowest BCUT2D eigenvalue weighted by atomic mass is 9.99. The van der Waals surface area contributed by atoms with Crippen LogP contribution in [0.2, 0.25) is 0 Å². The standard InChI is InChI=1S/C79H135NO8/c1-3-5-7-9-11-13-15-17-19-21-23-25-27-29-31-32-33-34-35-36-37-38-39-40-41-42-43-45-47-49-51-53-55-57-59-61-63-65-67-69-75(83)80-72(71-87-79-78(86)77(85)76(84)74(70-81)88-79)73(82)68-66-64-62-60-58-56-54-52-50-48-46-44-30-28-26-24-22-20-18-16-14-12-10-8-6-4-2/h5,7,11,13,17,19,23,25,29,31,33-34,36-37,39-40,42-43,47,49,66,68,72-74,76-79,81-82,84-86H,3-4,6,8-10,12,14-16,18,20-22,24,26-28,30,32,35,38,41,44-46,48,50-65,67,69-71H2,1-2H3,(H,80,83)/b7-5-,13-11-,19-17-,25-23-,31-29-,34-33-,37-36-,40-39-,43-42-,49-47-,68-66+. The molecule has 1 fully saturated rings. The van der Waals surface area contributed by atoms with E-state index in [2.05, 4.69) is 141 Å². The second kappa shape index (κ2) is 66.3. The molecule has 7 unspecified atom stereocenters. The van der Waals surface area contributed by atoms with Gasteiger partial charge in [0.25, 0.3) is 0 Å². The van der Waals surface area contributed by atoms with Crippen LogP contribution in [-0.4, -0.2) is 87.5 Å². The monoisotopic (exact) mass is 1230 g/mol. The predicted molar refractivity (Wildman–Crippen MR) is 377 cm³/mol. The van der Waals surface area contributed by atoms with E-state index in [1.807, 2.05) is 6.08 Å². The summed E-state index contributed by atoms with van der Waals surface area (Å²) in [5.74, 6) is -0.187. The molecule has 0 aliphatic carbocycles. The van der Waals surface area contributed by atoms with E-state index in [9.17, 15) is 30.3 Å². The van der Waals surface area contributed by atoms with E-state index in [0.717, 1.165) is 116 Å². The minimum absolute atomic E-state index is 0.187. The highest BCUT2D eigenvalue weighted by Gasteiger charge is 2.44. The molecule has 1 aliphatic heterocycles. The first-order valence-electron chi connectivity index (χ1n) is 36.4. The molecule has 0 saturated carbocycles. The Hall–Kier alpha value is -3.67. The Bertz CT molecular complexity index is 1860. The molecule has 1 rings (SSSR count). The van der Waals surface area contributed by atoms with Crippen LogP contribution >= 0.6 is 0 Å². The highest BCUT2D eigenvalue weighted by Crippen LogP contribution is 2.23. The van der Waals surface area contributed by atoms with Crippen molar-refractivity contribution < 1.29 is 39.8 Å². The van der Waals surface area contributed by atoms with Gasteiger partial charge in [0.2, 0.25) is 5.91 Å². The summed E-state index contributed by atoms with van der Waals surface area (Å²) in [6, 6.07) is -0.821. The number of carbonyl (C=O) groups is 1. The third-order valence-corrected chi connectivity index (χ3v) is 16.5. The van der Waals surface area contributed by atoms with E-state index in [1.165, 1.54) is 167 Å². The maximum absolute atomic E-state index is 13.1. The molecule has 7 atom stereocenters. The fourth-order valence-electron chi connectivity index (χ4n) is 10.8. The molecule has 1 aliphatic rings. The van der Waals surface area contributed by atoms with Crippen molar-refractivity contribution >= 4 is 5.91 Å². The van der Waals surface area contributed by atoms with Crippen molar-refractivity contribution in [2.24, 2.45) is 0 Å². The Balaban J connectivity index is 2.16. The molecule has 88 heavy (non-hydrogen) atoms. The molecule has 1 amide bonds. The Morgan fingerprint density at radius 2 is 0.705 bits per heavy atom. The molecule has 0 aromatic rings. The molecule has 1 heterocycles. The maximum Gasteiger partial charge on any atom is 0.220 e. The summed E-state index contributed by atoms with van der Waals surface area (Å²) < 4.78 is 11.3. The van der Waals surface area contributed by atoms with Crippen molar-refractivity contribution in [3.63, 3.8) is 0 Å². The number of allylic oxidation sites excluding steroid dienone is 21. The van der Waals surface area contributed by atoms with E-state index in [0.29, 0.717) is 6.42 Å². The number of aliphatic hydroxyl groups excluding tert-OH is 5. The van der Waals surface area contributed by atoms with Gasteiger partial charge in [0.15, 0.2) is 6.29 Å². The number of aliphatic hydroxyl groups is 5. The summed E-state index contributed by atoms with van der Waals surface area (Å²) >= 11 is 0. The van der Waals surface area contributed by atoms with Crippen LogP contribution in [0.3, 0.4) is 0 Å². The fraction of sp³-hybridized carbons (Fsp3) is 0.709. The lowest BCUT2D eigenvalue weighted by Gasteiger charge is -2.40. The molecule has 0 radical (unpaired) electrons. The van der Waals surface area contributed by atoms with E-state index in [4.69, 9.17) is 9.47 Å². The molecular weight excluding hydrogens is 1090 g/mol. The number of carbonyl (C=O) groups excluding carboxylic acids is 1. The molecule has 0 aromatic heterocycles. The Morgan fingerprint density at radius 1 is 0.398 bits per heavy atom. The number of nitrogens with one attached hydrogen (secondary N) is 1. The van der Waals surface area contributed by atoms with Gasteiger partial charge in [-0.2, -0.15) is 0 Å². The second-order valence-electron chi connectivity index (χ2n) is 24.7. The third-order valence-electron chi connectivity index (χ3n) is 16.5. The van der Waals surface area contributed by atoms with Crippen LogP contribution in [0.5, 0.6) is 0 Å². The van der Waals surface area contributed by atoms with Gasteiger partial charge in [-0.05, 0) is 96.3 Å². The van der Waals surface area contributed by atoms with Gasteiger partial charge in [0.05, 0.1) is 25.4 Å². The van der Waals surface area contributed by atoms with Gasteiger partial charge in [-0.3, -0.25) is 4.79 Å². The molecule has 0 bridgehead atoms. The van der Waals surface area contributed by atoms with Gasteiger partial charge in [0, 0.05) is 6.42 Å². The van der Waals surface area contributed by atoms with Crippen molar-refractivity contribution in [3.8, 4) is 0 Å². The van der Waals surface area contributed by atoms with E-state index in [-0.39, 0.29) is 12.5 Å². The minimum Gasteiger partial charge on any atom is -0.394 e. The average molecular weight is 1230 g/mol. The molecule has 6 N–H and O–H groups in total. The molecule has 1 saturated heterocycles. The fourth-order valence-corrected chi connectivity index (χ4v) is 10.8. The van der Waals surface area contributed by atoms with Crippen LogP contribution in [0.25, 0.3) is 0 Å². The van der Waals surface area contributed by atoms with E-state index < -0.39 is 49.5 Å². The quantitative estimate of drug-likeness (QED) is 0.0261. The topological polar surface area (TPSA) is 149 Å². The molecule has 9 nitrogen and oxygen atoms in total. The number of rotatable bonds is 62. The van der Waals surface area contributed by atoms with Gasteiger partial charge in [-0.15, -0.1) is 0 Å². The lowest BCUT2D eigenvalue weighted by molar-refractivity contribution is -0.302. The average Bonchev–Trinajstić information content (AvgIpc) is 3.65. The first kappa shape index (κ1) is 82.3. The zero-order valence-corrected chi connectivity index (χ0v) is 56.4. The second-order valence-corrected chi connectivity index (χ2v) is 24.7. The molecule has 9 heteroatoms. The van der Waals surface area contributed by atoms with Gasteiger partial charge in [0.1, 0.15) is 24.4 Å². The van der Waals surface area contributed by atoms with Crippen LogP contribution in [0.1, 0.15) is 303 Å². The molecule has 0 spiro atoms. The molecule has 504 valence electrons. The van der Waals surface area contributed by atoms with E-state index >= 15 is 0 Å². The first-order valence-corrected chi connectivity index (χ1v) is 36.4. The summed E-state index contributed by atoms with van der Waals surface area (Å²) in [6.07, 6.45) is 94.1. The SMILES string of the molecule is CC/C=C\C/C=C\C/C=C\C/C=C\C/C=C\C/C=C\C/C=C\C/C=C\C/C=C\C/C=C\CCCCCCCCCCC(=O)NC(COC1OC(CO)C(O)C(O)C1O)C(O)/C=C/CCCCCCCCCCCCCCCCCCCCCCCCCC. The number of hydrogen-bond acceptors (Lipinski definition) is 8. The van der Waals surface area contributed by atoms with Gasteiger partial charge >= 0.3 is 0 Å². The van der Waals surface area contributed by atoms with Crippen LogP contribution < -0.4 is 5.32 Å². The third kappa shape index (κ3) is 54.1. The zero-order chi connectivity index (χ0) is 63.5. The van der Waals surface area contributed by atoms with Gasteiger partial charge < -0.3 is 40.3 Å². The highest BCUT2D eigenvalue weighted by atomic mass is 16.7. The highest BCUT2D eigenvalue weighted by molar-refractivity contribution is 5.76. The summed E-state index contributed by atoms with van der Waals surface area (Å²) in [5, 5.41) is 54.8. The Morgan fingerprint density at radius 3 is 1.05 bits per heavy atom. The van der Waals surface area contributed by atoms with Crippen molar-refractivity contribution in [3.05, 3.63) is 134 Å². The van der Waals surface area contributed by atoms with Crippen molar-refractivity contribution in [2.45, 2.75) is 346 Å². The summed E-state index contributed by atoms with van der Waals surface area (Å²) in [6.45, 7) is 3.68. The molecular formula is C79H135NO8. The van der Waals surface area contributed by atoms with E-state index in [1.54, 1.807) is 6.08 Å². The summed E-state index contributed by atoms with van der Waals surface area (Å²) in [5.41, 5.74) is 0. The zero-order valence-electron chi connectivity index (χ0n) is 56.4. The summed E-state index contributed by atoms with van der Waals surface area (Å²) in [4.78, 5) is 13.1. The van der Waals surface area contributed by atoms with Crippen molar-refractivity contribution in [2.75, 3.05) is 13.2 Å².